The number of anilines is 1. The number of hydrogen-bond acceptors (Lipinski definition) is 6. The van der Waals surface area contributed by atoms with E-state index in [0.717, 1.165) is 11.8 Å². The fourth-order valence-corrected chi connectivity index (χ4v) is 2.56. The summed E-state index contributed by atoms with van der Waals surface area (Å²) >= 11 is 1.16. The summed E-state index contributed by atoms with van der Waals surface area (Å²) in [5, 5.41) is 2.71. The van der Waals surface area contributed by atoms with Crippen LogP contribution in [0.2, 0.25) is 0 Å². The molecule has 122 valence electrons. The van der Waals surface area contributed by atoms with Crippen LogP contribution in [0.25, 0.3) is 0 Å². The lowest BCUT2D eigenvalue weighted by Crippen LogP contribution is -2.23. The van der Waals surface area contributed by atoms with Crippen molar-refractivity contribution in [2.24, 2.45) is 0 Å². The number of amides is 1. The molecule has 23 heavy (non-hydrogen) atoms. The monoisotopic (exact) mass is 335 g/mol. The van der Waals surface area contributed by atoms with Crippen molar-refractivity contribution in [3.05, 3.63) is 40.8 Å². The molecule has 0 spiro atoms. The number of aromatic nitrogens is 2. The lowest BCUT2D eigenvalue weighted by molar-refractivity contribution is -0.115. The maximum absolute atomic E-state index is 12.3. The van der Waals surface area contributed by atoms with E-state index in [-0.39, 0.29) is 11.5 Å². The van der Waals surface area contributed by atoms with Gasteiger partial charge in [0, 0.05) is 18.3 Å². The molecule has 0 bridgehead atoms. The summed E-state index contributed by atoms with van der Waals surface area (Å²) in [6, 6.07) is 6.44. The average molecular weight is 335 g/mol. The highest BCUT2D eigenvalue weighted by Crippen LogP contribution is 2.30. The average Bonchev–Trinajstić information content (AvgIpc) is 2.54. The molecular formula is C15H17N3O4S. The van der Waals surface area contributed by atoms with Crippen LogP contribution < -0.4 is 20.3 Å². The van der Waals surface area contributed by atoms with Gasteiger partial charge in [0.05, 0.1) is 25.2 Å². The Hall–Kier alpha value is -2.48. The molecule has 0 aliphatic heterocycles. The lowest BCUT2D eigenvalue weighted by atomic mass is 10.2. The predicted molar refractivity (Wildman–Crippen MR) is 88.4 cm³/mol. The Labute approximate surface area is 137 Å². The highest BCUT2D eigenvalue weighted by Gasteiger charge is 2.17. The zero-order chi connectivity index (χ0) is 16.8. The number of thioether (sulfide) groups is 1. The first-order valence-electron chi connectivity index (χ1n) is 6.78. The molecule has 0 saturated heterocycles. The Bertz CT molecular complexity index is 747. The van der Waals surface area contributed by atoms with Gasteiger partial charge in [-0.05, 0) is 19.1 Å². The molecule has 1 aromatic heterocycles. The standard InChI is InChI=1S/C15H17N3O4S/c1-9(23-15-16-7-6-13(19)18-15)14(20)17-11-8-10(21-2)4-5-12(11)22-3/h4-9H,1-3H3,(H,17,20)(H,16,18,19). The number of benzene rings is 1. The molecule has 1 heterocycles. The van der Waals surface area contributed by atoms with E-state index in [9.17, 15) is 9.59 Å². The molecule has 0 fully saturated rings. The molecule has 2 N–H and O–H groups in total. The number of nitrogens with zero attached hydrogens (tertiary/aromatic N) is 1. The first-order valence-corrected chi connectivity index (χ1v) is 7.66. The normalized spacial score (nSPS) is 11.6. The summed E-state index contributed by atoms with van der Waals surface area (Å²) in [4.78, 5) is 30.2. The topological polar surface area (TPSA) is 93.3 Å². The number of rotatable bonds is 6. The smallest absolute Gasteiger partial charge is 0.251 e. The predicted octanol–water partition coefficient (Wildman–Crippen LogP) is 1.91. The van der Waals surface area contributed by atoms with E-state index < -0.39 is 5.25 Å². The van der Waals surface area contributed by atoms with Gasteiger partial charge in [0.15, 0.2) is 5.16 Å². The molecule has 2 rings (SSSR count). The van der Waals surface area contributed by atoms with E-state index in [1.54, 1.807) is 32.2 Å². The van der Waals surface area contributed by atoms with Crippen molar-refractivity contribution in [1.82, 2.24) is 9.97 Å². The number of ether oxygens (including phenoxy) is 2. The molecule has 0 aliphatic rings. The van der Waals surface area contributed by atoms with E-state index in [1.807, 2.05) is 0 Å². The second-order valence-electron chi connectivity index (χ2n) is 4.55. The summed E-state index contributed by atoms with van der Waals surface area (Å²) in [5.41, 5.74) is 0.253. The molecule has 0 saturated carbocycles. The van der Waals surface area contributed by atoms with Gasteiger partial charge in [-0.2, -0.15) is 0 Å². The number of aromatic amines is 1. The maximum Gasteiger partial charge on any atom is 0.251 e. The Balaban J connectivity index is 2.10. The van der Waals surface area contributed by atoms with Gasteiger partial charge in [-0.1, -0.05) is 11.8 Å². The van der Waals surface area contributed by atoms with Crippen molar-refractivity contribution in [3.63, 3.8) is 0 Å². The van der Waals surface area contributed by atoms with Crippen LogP contribution in [-0.4, -0.2) is 35.3 Å². The molecule has 1 aromatic carbocycles. The van der Waals surface area contributed by atoms with Crippen molar-refractivity contribution in [2.75, 3.05) is 19.5 Å². The second kappa shape index (κ2) is 7.68. The van der Waals surface area contributed by atoms with E-state index in [1.165, 1.54) is 19.4 Å². The Kier molecular flexibility index (Phi) is 5.64. The molecule has 2 aromatic rings. The van der Waals surface area contributed by atoms with Gasteiger partial charge in [-0.15, -0.1) is 0 Å². The Morgan fingerprint density at radius 1 is 1.30 bits per heavy atom. The van der Waals surface area contributed by atoms with Crippen molar-refractivity contribution in [1.29, 1.82) is 0 Å². The molecule has 1 atom stereocenters. The van der Waals surface area contributed by atoms with Gasteiger partial charge < -0.3 is 19.8 Å². The highest BCUT2D eigenvalue weighted by atomic mass is 32.2. The molecular weight excluding hydrogens is 318 g/mol. The van der Waals surface area contributed by atoms with Crippen LogP contribution in [0.15, 0.2) is 40.4 Å². The van der Waals surface area contributed by atoms with Gasteiger partial charge in [-0.25, -0.2) is 4.98 Å². The second-order valence-corrected chi connectivity index (χ2v) is 5.88. The summed E-state index contributed by atoms with van der Waals surface area (Å²) < 4.78 is 10.4. The highest BCUT2D eigenvalue weighted by molar-refractivity contribution is 8.00. The van der Waals surface area contributed by atoms with Gasteiger partial charge in [0.1, 0.15) is 11.5 Å². The fourth-order valence-electron chi connectivity index (χ4n) is 1.78. The van der Waals surface area contributed by atoms with Gasteiger partial charge in [-0.3, -0.25) is 9.59 Å². The molecule has 1 unspecified atom stereocenters. The van der Waals surface area contributed by atoms with Crippen LogP contribution in [0.5, 0.6) is 11.5 Å². The van der Waals surface area contributed by atoms with E-state index >= 15 is 0 Å². The minimum atomic E-state index is -0.462. The number of carbonyl (C=O) groups excluding carboxylic acids is 1. The molecule has 8 heteroatoms. The van der Waals surface area contributed by atoms with Gasteiger partial charge in [0.2, 0.25) is 5.91 Å². The third kappa shape index (κ3) is 4.49. The van der Waals surface area contributed by atoms with Crippen LogP contribution in [0.3, 0.4) is 0 Å². The summed E-state index contributed by atoms with van der Waals surface area (Å²) in [6.45, 7) is 1.72. The number of nitrogens with one attached hydrogen (secondary N) is 2. The minimum absolute atomic E-state index is 0.243. The van der Waals surface area contributed by atoms with Gasteiger partial charge in [0.25, 0.3) is 5.56 Å². The van der Waals surface area contributed by atoms with Crippen molar-refractivity contribution < 1.29 is 14.3 Å². The van der Waals surface area contributed by atoms with E-state index in [4.69, 9.17) is 9.47 Å². The lowest BCUT2D eigenvalue weighted by Gasteiger charge is -2.14. The first kappa shape index (κ1) is 16.9. The summed E-state index contributed by atoms with van der Waals surface area (Å²) in [5.74, 6) is 0.895. The summed E-state index contributed by atoms with van der Waals surface area (Å²) in [6.07, 6.45) is 1.40. The van der Waals surface area contributed by atoms with E-state index in [0.29, 0.717) is 22.3 Å². The molecule has 7 nitrogen and oxygen atoms in total. The van der Waals surface area contributed by atoms with Crippen molar-refractivity contribution in [3.8, 4) is 11.5 Å². The third-order valence-corrected chi connectivity index (χ3v) is 3.97. The number of carbonyl (C=O) groups is 1. The minimum Gasteiger partial charge on any atom is -0.497 e. The molecule has 1 amide bonds. The Morgan fingerprint density at radius 2 is 2.09 bits per heavy atom. The quantitative estimate of drug-likeness (QED) is 0.619. The number of hydrogen-bond donors (Lipinski definition) is 2. The molecule has 0 aliphatic carbocycles. The largest absolute Gasteiger partial charge is 0.497 e. The Morgan fingerprint density at radius 3 is 2.74 bits per heavy atom. The third-order valence-electron chi connectivity index (χ3n) is 2.97. The van der Waals surface area contributed by atoms with Crippen molar-refractivity contribution >= 4 is 23.4 Å². The van der Waals surface area contributed by atoms with Gasteiger partial charge >= 0.3 is 0 Å². The van der Waals surface area contributed by atoms with Crippen LogP contribution in [0, 0.1) is 0 Å². The zero-order valence-electron chi connectivity index (χ0n) is 13.0. The molecule has 0 radical (unpaired) electrons. The first-order chi connectivity index (χ1) is 11.0. The number of methoxy groups -OCH3 is 2. The van der Waals surface area contributed by atoms with Crippen LogP contribution in [-0.2, 0) is 4.79 Å². The van der Waals surface area contributed by atoms with Crippen LogP contribution >= 0.6 is 11.8 Å². The van der Waals surface area contributed by atoms with Crippen LogP contribution in [0.1, 0.15) is 6.92 Å². The summed E-state index contributed by atoms with van der Waals surface area (Å²) in [7, 11) is 3.07. The number of H-pyrrole nitrogens is 1. The fraction of sp³-hybridized carbons (Fsp3) is 0.267. The van der Waals surface area contributed by atoms with Crippen LogP contribution in [0.4, 0.5) is 5.69 Å². The van der Waals surface area contributed by atoms with E-state index in [2.05, 4.69) is 15.3 Å². The van der Waals surface area contributed by atoms with Crippen molar-refractivity contribution in [2.45, 2.75) is 17.3 Å². The zero-order valence-corrected chi connectivity index (χ0v) is 13.8. The maximum atomic E-state index is 12.3. The SMILES string of the molecule is COc1ccc(OC)c(NC(=O)C(C)Sc2nccc(=O)[nH]2)c1.